The minimum Gasteiger partial charge on any atom is -0.328 e. The molecule has 15 heavy (non-hydrogen) atoms. The second kappa shape index (κ2) is 5.55. The summed E-state index contributed by atoms with van der Waals surface area (Å²) in [7, 11) is 0. The maximum absolute atomic E-state index is 5.96. The van der Waals surface area contributed by atoms with Gasteiger partial charge in [-0.1, -0.05) is 6.92 Å². The molecule has 2 rings (SSSR count). The fraction of sp³-hybridized carbons (Fsp3) is 1.00. The van der Waals surface area contributed by atoms with Crippen molar-refractivity contribution in [2.24, 2.45) is 11.7 Å². The highest BCUT2D eigenvalue weighted by atomic mass is 32.2. The molecule has 0 aromatic rings. The van der Waals surface area contributed by atoms with Crippen molar-refractivity contribution >= 4 is 11.8 Å². The van der Waals surface area contributed by atoms with Gasteiger partial charge in [0.05, 0.1) is 0 Å². The molecule has 0 aromatic carbocycles. The Bertz CT molecular complexity index is 198. The predicted octanol–water partition coefficient (Wildman–Crippen LogP) is 1.94. The van der Waals surface area contributed by atoms with Crippen LogP contribution in [0, 0.1) is 5.92 Å². The molecule has 3 atom stereocenters. The molecular formula is C12H24N2S. The van der Waals surface area contributed by atoms with Crippen LogP contribution in [0.5, 0.6) is 0 Å². The lowest BCUT2D eigenvalue weighted by Crippen LogP contribution is -2.40. The van der Waals surface area contributed by atoms with E-state index in [1.807, 2.05) is 0 Å². The van der Waals surface area contributed by atoms with Crippen molar-refractivity contribution < 1.29 is 0 Å². The van der Waals surface area contributed by atoms with E-state index in [1.54, 1.807) is 0 Å². The van der Waals surface area contributed by atoms with Crippen LogP contribution in [0.15, 0.2) is 0 Å². The van der Waals surface area contributed by atoms with E-state index in [1.165, 1.54) is 51.1 Å². The highest BCUT2D eigenvalue weighted by Gasteiger charge is 2.26. The number of thioether (sulfide) groups is 1. The van der Waals surface area contributed by atoms with Gasteiger partial charge in [0.1, 0.15) is 0 Å². The van der Waals surface area contributed by atoms with Gasteiger partial charge >= 0.3 is 0 Å². The summed E-state index contributed by atoms with van der Waals surface area (Å²) >= 11 is 2.16. The lowest BCUT2D eigenvalue weighted by molar-refractivity contribution is 0.237. The van der Waals surface area contributed by atoms with E-state index in [-0.39, 0.29) is 0 Å². The first-order valence-corrected chi connectivity index (χ1v) is 7.42. The molecule has 0 spiro atoms. The minimum atomic E-state index is 0.496. The lowest BCUT2D eigenvalue weighted by atomic mass is 10.1. The summed E-state index contributed by atoms with van der Waals surface area (Å²) in [5.74, 6) is 2.22. The van der Waals surface area contributed by atoms with Gasteiger partial charge in [-0.05, 0) is 31.6 Å². The van der Waals surface area contributed by atoms with Gasteiger partial charge in [0.15, 0.2) is 0 Å². The Kier molecular flexibility index (Phi) is 4.35. The van der Waals surface area contributed by atoms with Gasteiger partial charge in [-0.15, -0.1) is 0 Å². The molecular weight excluding hydrogens is 204 g/mol. The van der Waals surface area contributed by atoms with Gasteiger partial charge in [-0.3, -0.25) is 0 Å². The molecule has 0 amide bonds. The van der Waals surface area contributed by atoms with E-state index in [2.05, 4.69) is 23.6 Å². The average Bonchev–Trinajstić information content (AvgIpc) is 2.64. The van der Waals surface area contributed by atoms with Crippen molar-refractivity contribution in [2.45, 2.75) is 43.9 Å². The molecule has 3 heteroatoms. The third-order valence-corrected chi connectivity index (χ3v) is 5.15. The Morgan fingerprint density at radius 2 is 2.27 bits per heavy atom. The number of nitrogens with two attached hydrogens (primary N) is 1. The van der Waals surface area contributed by atoms with Gasteiger partial charge in [-0.2, -0.15) is 11.8 Å². The number of hydrogen-bond donors (Lipinski definition) is 1. The number of rotatable bonds is 3. The van der Waals surface area contributed by atoms with Crippen molar-refractivity contribution in [2.75, 3.05) is 25.4 Å². The van der Waals surface area contributed by atoms with Crippen LogP contribution in [-0.2, 0) is 0 Å². The van der Waals surface area contributed by atoms with Crippen LogP contribution in [-0.4, -0.2) is 41.6 Å². The van der Waals surface area contributed by atoms with Crippen molar-refractivity contribution in [3.05, 3.63) is 0 Å². The molecule has 2 fully saturated rings. The van der Waals surface area contributed by atoms with Gasteiger partial charge in [0.2, 0.25) is 0 Å². The lowest BCUT2D eigenvalue weighted by Gasteiger charge is -2.33. The highest BCUT2D eigenvalue weighted by Crippen LogP contribution is 2.27. The van der Waals surface area contributed by atoms with Gasteiger partial charge < -0.3 is 10.6 Å². The molecule has 0 bridgehead atoms. The van der Waals surface area contributed by atoms with E-state index in [4.69, 9.17) is 5.73 Å². The van der Waals surface area contributed by atoms with Crippen LogP contribution in [0.3, 0.4) is 0 Å². The monoisotopic (exact) mass is 228 g/mol. The first kappa shape index (κ1) is 11.7. The Balaban J connectivity index is 1.74. The van der Waals surface area contributed by atoms with Crippen LogP contribution in [0.4, 0.5) is 0 Å². The molecule has 2 N–H and O–H groups in total. The third-order valence-electron chi connectivity index (χ3n) is 3.78. The summed E-state index contributed by atoms with van der Waals surface area (Å²) in [6.07, 6.45) is 5.21. The van der Waals surface area contributed by atoms with Crippen molar-refractivity contribution in [3.63, 3.8) is 0 Å². The second-order valence-electron chi connectivity index (χ2n) is 5.10. The fourth-order valence-corrected chi connectivity index (χ4v) is 4.09. The van der Waals surface area contributed by atoms with Crippen LogP contribution in [0.2, 0.25) is 0 Å². The molecule has 3 unspecified atom stereocenters. The largest absolute Gasteiger partial charge is 0.328 e. The number of hydrogen-bond acceptors (Lipinski definition) is 3. The minimum absolute atomic E-state index is 0.496. The van der Waals surface area contributed by atoms with Gasteiger partial charge in [0.25, 0.3) is 0 Å². The van der Waals surface area contributed by atoms with Gasteiger partial charge in [-0.25, -0.2) is 0 Å². The predicted molar refractivity (Wildman–Crippen MR) is 68.3 cm³/mol. The molecule has 2 aliphatic rings. The van der Waals surface area contributed by atoms with Crippen LogP contribution >= 0.6 is 11.8 Å². The Morgan fingerprint density at radius 1 is 1.40 bits per heavy atom. The highest BCUT2D eigenvalue weighted by molar-refractivity contribution is 8.00. The van der Waals surface area contributed by atoms with E-state index in [0.717, 1.165) is 11.2 Å². The van der Waals surface area contributed by atoms with Crippen LogP contribution in [0.25, 0.3) is 0 Å². The SMILES string of the molecule is CCC1CN(CC2CCC(N)C2)CCS1. The molecule has 88 valence electrons. The standard InChI is InChI=1S/C12H24N2S/c1-2-12-9-14(5-6-15-12)8-10-3-4-11(13)7-10/h10-12H,2-9,13H2,1H3. The molecule has 2 nitrogen and oxygen atoms in total. The molecule has 1 saturated heterocycles. The van der Waals surface area contributed by atoms with Crippen molar-refractivity contribution in [1.29, 1.82) is 0 Å². The molecule has 1 aliphatic carbocycles. The molecule has 1 aliphatic heterocycles. The molecule has 1 heterocycles. The Morgan fingerprint density at radius 3 is 2.93 bits per heavy atom. The maximum Gasteiger partial charge on any atom is 0.0172 e. The summed E-state index contributed by atoms with van der Waals surface area (Å²) in [4.78, 5) is 2.67. The summed E-state index contributed by atoms with van der Waals surface area (Å²) in [5, 5.41) is 0.883. The first-order chi connectivity index (χ1) is 7.28. The molecule has 0 aromatic heterocycles. The Hall–Kier alpha value is 0.270. The zero-order chi connectivity index (χ0) is 10.7. The van der Waals surface area contributed by atoms with Gasteiger partial charge in [0, 0.05) is 36.7 Å². The van der Waals surface area contributed by atoms with E-state index < -0.39 is 0 Å². The second-order valence-corrected chi connectivity index (χ2v) is 6.51. The summed E-state index contributed by atoms with van der Waals surface area (Å²) in [5.41, 5.74) is 5.96. The van der Waals surface area contributed by atoms with E-state index in [9.17, 15) is 0 Å². The average molecular weight is 228 g/mol. The first-order valence-electron chi connectivity index (χ1n) is 6.37. The Labute approximate surface area is 98.0 Å². The van der Waals surface area contributed by atoms with Crippen LogP contribution in [0.1, 0.15) is 32.6 Å². The fourth-order valence-electron chi connectivity index (χ4n) is 2.84. The van der Waals surface area contributed by atoms with E-state index in [0.29, 0.717) is 6.04 Å². The zero-order valence-corrected chi connectivity index (χ0v) is 10.6. The quantitative estimate of drug-likeness (QED) is 0.800. The molecule has 1 saturated carbocycles. The summed E-state index contributed by atoms with van der Waals surface area (Å²) < 4.78 is 0. The third kappa shape index (κ3) is 3.36. The normalized spacial score (nSPS) is 38.4. The zero-order valence-electron chi connectivity index (χ0n) is 9.82. The maximum atomic E-state index is 5.96. The summed E-state index contributed by atoms with van der Waals surface area (Å²) in [6.45, 7) is 6.23. The van der Waals surface area contributed by atoms with Crippen molar-refractivity contribution in [1.82, 2.24) is 4.90 Å². The number of nitrogens with zero attached hydrogens (tertiary/aromatic N) is 1. The molecule has 0 radical (unpaired) electrons. The summed E-state index contributed by atoms with van der Waals surface area (Å²) in [6, 6.07) is 0.496. The topological polar surface area (TPSA) is 29.3 Å². The van der Waals surface area contributed by atoms with E-state index >= 15 is 0 Å². The smallest absolute Gasteiger partial charge is 0.0172 e. The van der Waals surface area contributed by atoms with Crippen LogP contribution < -0.4 is 5.73 Å². The van der Waals surface area contributed by atoms with Crippen molar-refractivity contribution in [3.8, 4) is 0 Å².